The molecule has 0 N–H and O–H groups in total. The van der Waals surface area contributed by atoms with E-state index in [1.165, 1.54) is 4.90 Å². The van der Waals surface area contributed by atoms with Crippen LogP contribution in [-0.4, -0.2) is 49.3 Å². The molecule has 1 aliphatic rings. The van der Waals surface area contributed by atoms with Gasteiger partial charge in [0.2, 0.25) is 0 Å². The van der Waals surface area contributed by atoms with Gasteiger partial charge in [-0.1, -0.05) is 20.3 Å². The minimum Gasteiger partial charge on any atom is -0.478 e. The molecule has 0 radical (unpaired) electrons. The van der Waals surface area contributed by atoms with E-state index in [9.17, 15) is 9.59 Å². The number of aryl methyl sites for hydroxylation is 1. The molecule has 2 aromatic rings. The lowest BCUT2D eigenvalue weighted by Crippen LogP contribution is -2.48. The van der Waals surface area contributed by atoms with Crippen LogP contribution >= 0.6 is 11.3 Å². The van der Waals surface area contributed by atoms with Gasteiger partial charge in [-0.15, -0.1) is 11.3 Å². The van der Waals surface area contributed by atoms with Crippen LogP contribution < -0.4 is 9.64 Å². The number of carbonyl (C=O) groups excluding carboxylic acids is 2. The minimum absolute atomic E-state index is 0.166. The molecule has 3 rings (SSSR count). The summed E-state index contributed by atoms with van der Waals surface area (Å²) in [5.41, 5.74) is 2.26. The molecule has 8 heteroatoms. The van der Waals surface area contributed by atoms with Crippen LogP contribution in [0.1, 0.15) is 38.1 Å². The van der Waals surface area contributed by atoms with Crippen LogP contribution in [0.2, 0.25) is 0 Å². The molecule has 0 aliphatic carbocycles. The van der Waals surface area contributed by atoms with Crippen molar-refractivity contribution in [2.45, 2.75) is 46.1 Å². The summed E-state index contributed by atoms with van der Waals surface area (Å²) in [6.07, 6.45) is 1.93. The van der Waals surface area contributed by atoms with Gasteiger partial charge in [-0.05, 0) is 38.0 Å². The second-order valence-electron chi connectivity index (χ2n) is 7.06. The minimum atomic E-state index is -0.616. The van der Waals surface area contributed by atoms with Crippen molar-refractivity contribution in [2.24, 2.45) is 0 Å². The van der Waals surface area contributed by atoms with Gasteiger partial charge in [-0.3, -0.25) is 14.5 Å². The van der Waals surface area contributed by atoms with Crippen molar-refractivity contribution >= 4 is 28.9 Å². The highest BCUT2D eigenvalue weighted by Crippen LogP contribution is 2.38. The molecule has 1 aromatic heterocycles. The number of ether oxygens (including phenoxy) is 3. The van der Waals surface area contributed by atoms with Crippen LogP contribution in [0.5, 0.6) is 5.75 Å². The molecule has 2 heterocycles. The average molecular weight is 433 g/mol. The van der Waals surface area contributed by atoms with Crippen LogP contribution in [0.4, 0.5) is 5.69 Å². The summed E-state index contributed by atoms with van der Waals surface area (Å²) in [6.45, 7) is 6.92. The summed E-state index contributed by atoms with van der Waals surface area (Å²) in [5.74, 6) is -0.138. The van der Waals surface area contributed by atoms with Gasteiger partial charge in [-0.25, -0.2) is 4.98 Å². The van der Waals surface area contributed by atoms with Gasteiger partial charge in [0.1, 0.15) is 18.9 Å². The number of amides is 1. The van der Waals surface area contributed by atoms with E-state index < -0.39 is 12.1 Å². The molecular formula is C22H28N2O5S. The molecule has 1 aromatic carbocycles. The second-order valence-corrected chi connectivity index (χ2v) is 8.12. The van der Waals surface area contributed by atoms with E-state index in [4.69, 9.17) is 14.2 Å². The molecule has 1 aliphatic heterocycles. The number of nitrogens with zero attached hydrogens (tertiary/aromatic N) is 2. The Labute approximate surface area is 181 Å². The van der Waals surface area contributed by atoms with Gasteiger partial charge >= 0.3 is 5.97 Å². The van der Waals surface area contributed by atoms with Crippen LogP contribution in [-0.2, 0) is 19.1 Å². The standard InChI is InChI=1S/C22H28N2O5S/c1-4-6-9-27-10-11-28-21(25)13-24-18-12-16(17-14-30-15(3)23-17)7-8-20(18)29-19(5-2)22(24)26/h7-8,12,14,19H,4-6,9-11,13H2,1-3H3. The van der Waals surface area contributed by atoms with E-state index in [1.807, 2.05) is 37.4 Å². The highest BCUT2D eigenvalue weighted by molar-refractivity contribution is 7.09. The van der Waals surface area contributed by atoms with Crippen molar-refractivity contribution in [2.75, 3.05) is 31.3 Å². The summed E-state index contributed by atoms with van der Waals surface area (Å²) >= 11 is 1.56. The number of aromatic nitrogens is 1. The maximum absolute atomic E-state index is 12.9. The van der Waals surface area contributed by atoms with E-state index in [0.717, 1.165) is 29.1 Å². The number of carbonyl (C=O) groups is 2. The van der Waals surface area contributed by atoms with Crippen molar-refractivity contribution in [3.8, 4) is 17.0 Å². The third-order valence-corrected chi connectivity index (χ3v) is 5.54. The number of anilines is 1. The summed E-state index contributed by atoms with van der Waals surface area (Å²) in [7, 11) is 0. The zero-order valence-corrected chi connectivity index (χ0v) is 18.5. The molecular weight excluding hydrogens is 404 g/mol. The Kier molecular flexibility index (Phi) is 7.81. The average Bonchev–Trinajstić information content (AvgIpc) is 3.18. The van der Waals surface area contributed by atoms with Crippen LogP contribution in [0, 0.1) is 6.92 Å². The first-order valence-corrected chi connectivity index (χ1v) is 11.2. The zero-order chi connectivity index (χ0) is 21.5. The molecule has 0 saturated carbocycles. The summed E-state index contributed by atoms with van der Waals surface area (Å²) in [4.78, 5) is 31.3. The smallest absolute Gasteiger partial charge is 0.326 e. The zero-order valence-electron chi connectivity index (χ0n) is 17.7. The first kappa shape index (κ1) is 22.2. The molecule has 0 bridgehead atoms. The van der Waals surface area contributed by atoms with Crippen LogP contribution in [0.3, 0.4) is 0 Å². The Hall–Kier alpha value is -2.45. The van der Waals surface area contributed by atoms with Gasteiger partial charge < -0.3 is 14.2 Å². The maximum atomic E-state index is 12.9. The van der Waals surface area contributed by atoms with Crippen molar-refractivity contribution in [1.82, 2.24) is 4.98 Å². The Morgan fingerprint density at radius 3 is 2.80 bits per heavy atom. The summed E-state index contributed by atoms with van der Waals surface area (Å²) < 4.78 is 16.5. The van der Waals surface area contributed by atoms with Crippen molar-refractivity contribution < 1.29 is 23.8 Å². The largest absolute Gasteiger partial charge is 0.478 e. The highest BCUT2D eigenvalue weighted by atomic mass is 32.1. The third kappa shape index (κ3) is 5.37. The molecule has 0 saturated heterocycles. The quantitative estimate of drug-likeness (QED) is 0.417. The number of benzene rings is 1. The molecule has 0 spiro atoms. The number of rotatable bonds is 10. The van der Waals surface area contributed by atoms with Gasteiger partial charge in [0.25, 0.3) is 5.91 Å². The molecule has 162 valence electrons. The lowest BCUT2D eigenvalue weighted by atomic mass is 10.1. The molecule has 0 fully saturated rings. The Balaban J connectivity index is 1.73. The van der Waals surface area contributed by atoms with Crippen molar-refractivity contribution in [3.63, 3.8) is 0 Å². The first-order valence-electron chi connectivity index (χ1n) is 10.3. The molecule has 7 nitrogen and oxygen atoms in total. The van der Waals surface area contributed by atoms with Crippen LogP contribution in [0.15, 0.2) is 23.6 Å². The predicted molar refractivity (Wildman–Crippen MR) is 116 cm³/mol. The van der Waals surface area contributed by atoms with E-state index in [2.05, 4.69) is 11.9 Å². The topological polar surface area (TPSA) is 78.0 Å². The Bertz CT molecular complexity index is 882. The van der Waals surface area contributed by atoms with E-state index in [1.54, 1.807) is 11.3 Å². The van der Waals surface area contributed by atoms with Gasteiger partial charge in [-0.2, -0.15) is 0 Å². The molecule has 30 heavy (non-hydrogen) atoms. The number of esters is 1. The number of fused-ring (bicyclic) bond motifs is 1. The fraction of sp³-hybridized carbons (Fsp3) is 0.500. The SMILES string of the molecule is CCCCOCCOC(=O)CN1C(=O)C(CC)Oc2ccc(-c3csc(C)n3)cc21. The predicted octanol–water partition coefficient (Wildman–Crippen LogP) is 3.98. The van der Waals surface area contributed by atoms with E-state index in [-0.39, 0.29) is 19.1 Å². The second kappa shape index (κ2) is 10.5. The van der Waals surface area contributed by atoms with Gasteiger partial charge in [0.15, 0.2) is 6.10 Å². The lowest BCUT2D eigenvalue weighted by molar-refractivity contribution is -0.145. The maximum Gasteiger partial charge on any atom is 0.326 e. The molecule has 1 amide bonds. The number of unbranched alkanes of at least 4 members (excludes halogenated alkanes) is 1. The van der Waals surface area contributed by atoms with Gasteiger partial charge in [0, 0.05) is 17.6 Å². The fourth-order valence-corrected chi connectivity index (χ4v) is 3.76. The number of hydrogen-bond donors (Lipinski definition) is 0. The fourth-order valence-electron chi connectivity index (χ4n) is 3.14. The Morgan fingerprint density at radius 2 is 2.10 bits per heavy atom. The number of hydrogen-bond acceptors (Lipinski definition) is 7. The third-order valence-electron chi connectivity index (χ3n) is 4.77. The van der Waals surface area contributed by atoms with Crippen LogP contribution in [0.25, 0.3) is 11.3 Å². The summed E-state index contributed by atoms with van der Waals surface area (Å²) in [6, 6.07) is 5.59. The lowest BCUT2D eigenvalue weighted by Gasteiger charge is -2.33. The number of thiazole rings is 1. The van der Waals surface area contributed by atoms with Crippen molar-refractivity contribution in [3.05, 3.63) is 28.6 Å². The summed E-state index contributed by atoms with van der Waals surface area (Å²) in [5, 5.41) is 2.93. The molecule has 1 atom stereocenters. The normalized spacial score (nSPS) is 15.6. The van der Waals surface area contributed by atoms with Crippen molar-refractivity contribution in [1.29, 1.82) is 0 Å². The van der Waals surface area contributed by atoms with Gasteiger partial charge in [0.05, 0.1) is 23.0 Å². The highest BCUT2D eigenvalue weighted by Gasteiger charge is 2.35. The molecule has 1 unspecified atom stereocenters. The first-order chi connectivity index (χ1) is 14.5. The van der Waals surface area contributed by atoms with E-state index >= 15 is 0 Å². The monoisotopic (exact) mass is 432 g/mol. The Morgan fingerprint density at radius 1 is 1.27 bits per heavy atom. The van der Waals surface area contributed by atoms with E-state index in [0.29, 0.717) is 31.1 Å².